The quantitative estimate of drug-likeness (QED) is 0.603. The summed E-state index contributed by atoms with van der Waals surface area (Å²) in [5.74, 6) is 0.605. The molecule has 0 spiro atoms. The number of hydrogen-bond acceptors (Lipinski definition) is 4. The van der Waals surface area contributed by atoms with Gasteiger partial charge in [-0.25, -0.2) is 0 Å². The molecule has 132 valence electrons. The molecule has 0 bridgehead atoms. The molecular weight excluding hydrogens is 308 g/mol. The van der Waals surface area contributed by atoms with Gasteiger partial charge in [-0.3, -0.25) is 14.9 Å². The third-order valence-corrected chi connectivity index (χ3v) is 4.98. The smallest absolute Gasteiger partial charge is 0.307 e. The molecule has 0 aromatic heterocycles. The first-order valence-electron chi connectivity index (χ1n) is 8.53. The minimum absolute atomic E-state index is 0.0468. The fourth-order valence-electron chi connectivity index (χ4n) is 3.70. The van der Waals surface area contributed by atoms with Crippen LogP contribution < -0.4 is 5.32 Å². The van der Waals surface area contributed by atoms with Gasteiger partial charge in [0.1, 0.15) is 5.69 Å². The van der Waals surface area contributed by atoms with Crippen molar-refractivity contribution in [2.45, 2.75) is 52.5 Å². The lowest BCUT2D eigenvalue weighted by Crippen LogP contribution is -2.38. The highest BCUT2D eigenvalue weighted by atomic mass is 16.6. The molecule has 0 saturated heterocycles. The number of carboxylic acid groups (broad SMARTS) is 1. The Hall–Kier alpha value is -2.11. The molecule has 6 heteroatoms. The van der Waals surface area contributed by atoms with Crippen LogP contribution >= 0.6 is 0 Å². The van der Waals surface area contributed by atoms with Crippen molar-refractivity contribution in [1.29, 1.82) is 0 Å². The molecule has 1 aliphatic rings. The third-order valence-electron chi connectivity index (χ3n) is 4.98. The first-order valence-corrected chi connectivity index (χ1v) is 8.53. The molecule has 0 heterocycles. The molecule has 1 saturated carbocycles. The van der Waals surface area contributed by atoms with Crippen LogP contribution in [0.3, 0.4) is 0 Å². The predicted octanol–water partition coefficient (Wildman–Crippen LogP) is 4.09. The van der Waals surface area contributed by atoms with Crippen LogP contribution in [0.5, 0.6) is 0 Å². The van der Waals surface area contributed by atoms with E-state index in [0.29, 0.717) is 29.0 Å². The molecular formula is C18H26N2O4. The largest absolute Gasteiger partial charge is 0.481 e. The number of nitrogens with one attached hydrogen (secondary N) is 1. The maximum absolute atomic E-state index is 11.4. The van der Waals surface area contributed by atoms with Crippen LogP contribution in [0.2, 0.25) is 0 Å². The number of carboxylic acids is 1. The summed E-state index contributed by atoms with van der Waals surface area (Å²) in [6.07, 6.45) is 3.11. The number of hydrogen-bond donors (Lipinski definition) is 2. The van der Waals surface area contributed by atoms with Crippen molar-refractivity contribution in [2.24, 2.45) is 17.8 Å². The summed E-state index contributed by atoms with van der Waals surface area (Å²) in [6.45, 7) is 6.61. The van der Waals surface area contributed by atoms with Crippen LogP contribution in [0.15, 0.2) is 18.2 Å². The summed E-state index contributed by atoms with van der Waals surface area (Å²) in [6, 6.07) is 4.87. The van der Waals surface area contributed by atoms with Crippen molar-refractivity contribution in [2.75, 3.05) is 5.32 Å². The summed E-state index contributed by atoms with van der Waals surface area (Å²) in [5, 5.41) is 23.6. The number of nitrogens with zero attached hydrogens (tertiary/aromatic N) is 1. The van der Waals surface area contributed by atoms with Gasteiger partial charge in [0.05, 0.1) is 11.3 Å². The SMILES string of the molecule is CC(C)[C@@H]1CC[C@@H](C)C[C@H]1Nc1ccc(CC(=O)O)cc1[N+](=O)[O-]. The van der Waals surface area contributed by atoms with Crippen molar-refractivity contribution in [3.05, 3.63) is 33.9 Å². The van der Waals surface area contributed by atoms with E-state index in [0.717, 1.165) is 12.8 Å². The van der Waals surface area contributed by atoms with Crippen LogP contribution in [0.25, 0.3) is 0 Å². The van der Waals surface area contributed by atoms with Crippen LogP contribution in [0, 0.1) is 27.9 Å². The van der Waals surface area contributed by atoms with E-state index in [1.54, 1.807) is 12.1 Å². The minimum atomic E-state index is -0.994. The zero-order valence-electron chi connectivity index (χ0n) is 14.5. The molecule has 1 aromatic carbocycles. The predicted molar refractivity (Wildman–Crippen MR) is 93.2 cm³/mol. The number of carbonyl (C=O) groups is 1. The van der Waals surface area contributed by atoms with Gasteiger partial charge in [0, 0.05) is 12.1 Å². The van der Waals surface area contributed by atoms with Gasteiger partial charge in [-0.1, -0.05) is 33.3 Å². The van der Waals surface area contributed by atoms with E-state index in [2.05, 4.69) is 26.1 Å². The van der Waals surface area contributed by atoms with E-state index < -0.39 is 10.9 Å². The Kier molecular flexibility index (Phi) is 5.80. The standard InChI is InChI=1S/C18H26N2O4/c1-11(2)14-6-4-12(3)8-16(14)19-15-7-5-13(10-18(21)22)9-17(15)20(23)24/h5,7,9,11-12,14,16,19H,4,6,8,10H2,1-3H3,(H,21,22)/t12-,14+,16-/m1/s1. The van der Waals surface area contributed by atoms with Crippen molar-refractivity contribution < 1.29 is 14.8 Å². The van der Waals surface area contributed by atoms with Gasteiger partial charge in [0.2, 0.25) is 0 Å². The van der Waals surface area contributed by atoms with Crippen molar-refractivity contribution in [3.8, 4) is 0 Å². The second-order valence-electron chi connectivity index (χ2n) is 7.26. The van der Waals surface area contributed by atoms with Crippen LogP contribution in [0.4, 0.5) is 11.4 Å². The van der Waals surface area contributed by atoms with Gasteiger partial charge in [-0.15, -0.1) is 0 Å². The second kappa shape index (κ2) is 7.64. The molecule has 24 heavy (non-hydrogen) atoms. The number of nitro benzene ring substituents is 1. The minimum Gasteiger partial charge on any atom is -0.481 e. The summed E-state index contributed by atoms with van der Waals surface area (Å²) < 4.78 is 0. The maximum atomic E-state index is 11.4. The lowest BCUT2D eigenvalue weighted by atomic mass is 9.74. The fourth-order valence-corrected chi connectivity index (χ4v) is 3.70. The second-order valence-corrected chi connectivity index (χ2v) is 7.26. The van der Waals surface area contributed by atoms with E-state index in [4.69, 9.17) is 5.11 Å². The highest BCUT2D eigenvalue weighted by Gasteiger charge is 2.32. The lowest BCUT2D eigenvalue weighted by molar-refractivity contribution is -0.384. The van der Waals surface area contributed by atoms with Gasteiger partial charge in [0.25, 0.3) is 5.69 Å². The monoisotopic (exact) mass is 334 g/mol. The highest BCUT2D eigenvalue weighted by molar-refractivity contribution is 5.72. The van der Waals surface area contributed by atoms with Gasteiger partial charge < -0.3 is 10.4 Å². The summed E-state index contributed by atoms with van der Waals surface area (Å²) >= 11 is 0. The van der Waals surface area contributed by atoms with Gasteiger partial charge in [-0.05, 0) is 42.2 Å². The van der Waals surface area contributed by atoms with E-state index in [1.165, 1.54) is 12.5 Å². The van der Waals surface area contributed by atoms with Crippen molar-refractivity contribution in [3.63, 3.8) is 0 Å². The molecule has 0 amide bonds. The molecule has 1 aromatic rings. The Morgan fingerprint density at radius 2 is 2.12 bits per heavy atom. The van der Waals surface area contributed by atoms with E-state index in [9.17, 15) is 14.9 Å². The Morgan fingerprint density at radius 3 is 2.71 bits per heavy atom. The Labute approximate surface area is 142 Å². The first kappa shape index (κ1) is 18.2. The van der Waals surface area contributed by atoms with E-state index in [1.807, 2.05) is 0 Å². The average molecular weight is 334 g/mol. The van der Waals surface area contributed by atoms with Crippen molar-refractivity contribution in [1.82, 2.24) is 0 Å². The number of benzene rings is 1. The molecule has 3 atom stereocenters. The normalized spacial score (nSPS) is 23.9. The zero-order chi connectivity index (χ0) is 17.9. The molecule has 6 nitrogen and oxygen atoms in total. The zero-order valence-corrected chi connectivity index (χ0v) is 14.5. The molecule has 1 fully saturated rings. The molecule has 2 rings (SSSR count). The number of anilines is 1. The highest BCUT2D eigenvalue weighted by Crippen LogP contribution is 2.37. The van der Waals surface area contributed by atoms with Gasteiger partial charge >= 0.3 is 5.97 Å². The van der Waals surface area contributed by atoms with Crippen LogP contribution in [-0.4, -0.2) is 22.0 Å². The van der Waals surface area contributed by atoms with Gasteiger partial charge in [0.15, 0.2) is 0 Å². The van der Waals surface area contributed by atoms with Crippen LogP contribution in [-0.2, 0) is 11.2 Å². The first-order chi connectivity index (χ1) is 11.3. The number of nitro groups is 1. The molecule has 0 radical (unpaired) electrons. The molecule has 1 aliphatic carbocycles. The Bertz CT molecular complexity index is 615. The Balaban J connectivity index is 2.26. The molecule has 0 unspecified atom stereocenters. The molecule has 0 aliphatic heterocycles. The Morgan fingerprint density at radius 1 is 1.42 bits per heavy atom. The lowest BCUT2D eigenvalue weighted by Gasteiger charge is -2.38. The average Bonchev–Trinajstić information content (AvgIpc) is 2.47. The number of rotatable bonds is 6. The van der Waals surface area contributed by atoms with E-state index in [-0.39, 0.29) is 18.2 Å². The van der Waals surface area contributed by atoms with Crippen molar-refractivity contribution >= 4 is 17.3 Å². The van der Waals surface area contributed by atoms with E-state index >= 15 is 0 Å². The van der Waals surface area contributed by atoms with Gasteiger partial charge in [-0.2, -0.15) is 0 Å². The summed E-state index contributed by atoms with van der Waals surface area (Å²) in [4.78, 5) is 21.8. The molecule has 2 N–H and O–H groups in total. The topological polar surface area (TPSA) is 92.5 Å². The summed E-state index contributed by atoms with van der Waals surface area (Å²) in [5.41, 5.74) is 0.880. The summed E-state index contributed by atoms with van der Waals surface area (Å²) in [7, 11) is 0. The third kappa shape index (κ3) is 4.46. The van der Waals surface area contributed by atoms with Crippen LogP contribution in [0.1, 0.15) is 45.6 Å². The maximum Gasteiger partial charge on any atom is 0.307 e. The fraction of sp³-hybridized carbons (Fsp3) is 0.611. The number of aliphatic carboxylic acids is 1.